The largest absolute Gasteiger partial charge is 0.872 e. The molecular weight excluding hydrogens is 668 g/mol. The van der Waals surface area contributed by atoms with Crippen LogP contribution >= 0.6 is 0 Å². The third kappa shape index (κ3) is 12.3. The fraction of sp³-hybridized carbons (Fsp3) is 0.163. The van der Waals surface area contributed by atoms with E-state index in [1.165, 1.54) is 32.7 Å². The zero-order chi connectivity index (χ0) is 34.3. The first kappa shape index (κ1) is 37.5. The van der Waals surface area contributed by atoms with Crippen molar-refractivity contribution in [3.8, 4) is 11.5 Å². The van der Waals surface area contributed by atoms with E-state index in [9.17, 15) is 10.2 Å². The van der Waals surface area contributed by atoms with Gasteiger partial charge in [-0.2, -0.15) is 12.1 Å². The van der Waals surface area contributed by atoms with Crippen LogP contribution in [0.15, 0.2) is 140 Å². The Balaban J connectivity index is 0.000000160. The number of para-hydroxylation sites is 2. The van der Waals surface area contributed by atoms with Crippen LogP contribution in [0, 0.1) is 41.5 Å². The first-order valence-electron chi connectivity index (χ1n) is 15.8. The standard InChI is InChI=1S/2C10H9.2C8H10O.C7H8Si.Zr/c2*1-8-6-9-4-2-3-5-10(9)7-8;2*1-6-4-3-5-7(2)8(6)9;1-8-7-5-3-2-4-6-7;/h2*2-7H,1H3;2*3-5,9H,1-2H3;2-6H,1H3;/q2*-1;;;;+2/p-2. The maximum absolute atomic E-state index is 11.0. The normalized spacial score (nSPS) is 9.89. The van der Waals surface area contributed by atoms with E-state index < -0.39 is 0 Å². The number of rotatable bonds is 1. The van der Waals surface area contributed by atoms with Crippen LogP contribution in [-0.2, 0) is 23.3 Å². The Bertz CT molecular complexity index is 1770. The van der Waals surface area contributed by atoms with Gasteiger partial charge in [0.2, 0.25) is 0 Å². The smallest absolute Gasteiger partial charge is 0.0404 e. The molecule has 47 heavy (non-hydrogen) atoms. The molecule has 0 bridgehead atoms. The molecule has 7 aromatic rings. The number of fused-ring (bicyclic) bond motifs is 2. The summed E-state index contributed by atoms with van der Waals surface area (Å²) in [7, 11) is 0. The molecule has 0 aliphatic carbocycles. The Morgan fingerprint density at radius 3 is 1.11 bits per heavy atom. The zero-order valence-electron chi connectivity index (χ0n) is 28.6. The minimum atomic E-state index is -0.122. The molecule has 0 atom stereocenters. The van der Waals surface area contributed by atoms with Crippen LogP contribution in [0.4, 0.5) is 0 Å². The third-order valence-corrected chi connectivity index (χ3v) is 10.9. The molecular formula is C43H44O2SiZr-2. The molecule has 0 amide bonds. The number of hydrogen-bond donors (Lipinski definition) is 0. The van der Waals surface area contributed by atoms with Crippen molar-refractivity contribution in [2.24, 2.45) is 0 Å². The average Bonchev–Trinajstić information content (AvgIpc) is 3.64. The number of hydrogen-bond acceptors (Lipinski definition) is 2. The maximum Gasteiger partial charge on any atom is -0.0404 e. The molecule has 7 aromatic carbocycles. The number of aryl methyl sites for hydroxylation is 6. The van der Waals surface area contributed by atoms with Crippen LogP contribution in [0.3, 0.4) is 0 Å². The summed E-state index contributed by atoms with van der Waals surface area (Å²) < 4.78 is 0. The van der Waals surface area contributed by atoms with Gasteiger partial charge in [0.05, 0.1) is 0 Å². The monoisotopic (exact) mass is 710 g/mol. The first-order valence-corrected chi connectivity index (χ1v) is 21.5. The fourth-order valence-electron chi connectivity index (χ4n) is 4.90. The van der Waals surface area contributed by atoms with Crippen LogP contribution in [0.1, 0.15) is 33.4 Å². The second-order valence-electron chi connectivity index (χ2n) is 11.8. The van der Waals surface area contributed by atoms with Gasteiger partial charge in [-0.25, -0.2) is 0 Å². The van der Waals surface area contributed by atoms with Crippen molar-refractivity contribution in [2.45, 2.75) is 48.1 Å². The van der Waals surface area contributed by atoms with Gasteiger partial charge in [0.25, 0.3) is 0 Å². The van der Waals surface area contributed by atoms with E-state index in [-0.39, 0.29) is 16.9 Å². The van der Waals surface area contributed by atoms with E-state index in [0.29, 0.717) is 0 Å². The number of benzene rings is 5. The van der Waals surface area contributed by atoms with Gasteiger partial charge < -0.3 is 10.2 Å². The second-order valence-corrected chi connectivity index (χ2v) is 19.1. The first-order chi connectivity index (χ1) is 22.5. The summed E-state index contributed by atoms with van der Waals surface area (Å²) in [6.07, 6.45) is 0. The minimum absolute atomic E-state index is 0.122. The van der Waals surface area contributed by atoms with E-state index in [4.69, 9.17) is 0 Å². The molecule has 0 aliphatic rings. The van der Waals surface area contributed by atoms with E-state index in [2.05, 4.69) is 124 Å². The van der Waals surface area contributed by atoms with Crippen LogP contribution in [0.25, 0.3) is 21.5 Å². The Labute approximate surface area is 296 Å². The summed E-state index contributed by atoms with van der Waals surface area (Å²) in [4.78, 5) is 0. The molecule has 0 aromatic heterocycles. The predicted octanol–water partition coefficient (Wildman–Crippen LogP) is 9.55. The van der Waals surface area contributed by atoms with Crippen molar-refractivity contribution >= 4 is 32.2 Å². The Hall–Kier alpha value is -3.98. The van der Waals surface area contributed by atoms with Gasteiger partial charge in [0, 0.05) is 0 Å². The van der Waals surface area contributed by atoms with Gasteiger partial charge in [-0.1, -0.05) is 84.6 Å². The topological polar surface area (TPSA) is 46.1 Å². The van der Waals surface area contributed by atoms with Gasteiger partial charge in [-0.3, -0.25) is 0 Å². The van der Waals surface area contributed by atoms with E-state index in [0.717, 1.165) is 22.3 Å². The maximum atomic E-state index is 11.0. The van der Waals surface area contributed by atoms with Crippen molar-refractivity contribution in [2.75, 3.05) is 0 Å². The van der Waals surface area contributed by atoms with Crippen molar-refractivity contribution in [3.63, 3.8) is 0 Å². The van der Waals surface area contributed by atoms with Crippen LogP contribution in [-0.4, -0.2) is 5.43 Å². The van der Waals surface area contributed by atoms with E-state index in [1.54, 1.807) is 28.5 Å². The summed E-state index contributed by atoms with van der Waals surface area (Å²) in [6.45, 7) is 13.9. The second kappa shape index (κ2) is 19.0. The molecule has 0 aliphatic heterocycles. The van der Waals surface area contributed by atoms with Crippen LogP contribution in [0.5, 0.6) is 11.5 Å². The molecule has 0 saturated heterocycles. The summed E-state index contributed by atoms with van der Waals surface area (Å²) >= 11 is 1.69. The molecule has 0 saturated carbocycles. The molecule has 0 unspecified atom stereocenters. The van der Waals surface area contributed by atoms with Crippen molar-refractivity contribution in [1.82, 2.24) is 0 Å². The summed E-state index contributed by atoms with van der Waals surface area (Å²) in [5.74, 6) is 0.329. The average molecular weight is 712 g/mol. The third-order valence-electron chi connectivity index (χ3n) is 7.55. The molecule has 0 N–H and O–H groups in total. The Morgan fingerprint density at radius 1 is 0.468 bits per heavy atom. The molecule has 4 heteroatoms. The van der Waals surface area contributed by atoms with Crippen LogP contribution in [0.2, 0.25) is 6.55 Å². The van der Waals surface area contributed by atoms with E-state index in [1.807, 2.05) is 64.1 Å². The molecule has 0 spiro atoms. The Kier molecular flexibility index (Phi) is 15.1. The minimum Gasteiger partial charge on any atom is -0.872 e. The van der Waals surface area contributed by atoms with Crippen molar-refractivity contribution < 1.29 is 33.5 Å². The molecule has 0 radical (unpaired) electrons. The van der Waals surface area contributed by atoms with Gasteiger partial charge >= 0.3 is 70.8 Å². The molecule has 0 heterocycles. The fourth-order valence-corrected chi connectivity index (χ4v) is 6.82. The predicted molar refractivity (Wildman–Crippen MR) is 197 cm³/mol. The summed E-state index contributed by atoms with van der Waals surface area (Å²) in [5.41, 5.74) is 5.89. The van der Waals surface area contributed by atoms with Crippen molar-refractivity contribution in [1.29, 1.82) is 0 Å². The van der Waals surface area contributed by atoms with Gasteiger partial charge in [-0.05, 0) is 27.7 Å². The van der Waals surface area contributed by atoms with Crippen LogP contribution < -0.4 is 15.4 Å². The van der Waals surface area contributed by atoms with Gasteiger partial charge in [-0.15, -0.1) is 92.7 Å². The molecule has 238 valence electrons. The SMILES string of the molecule is C[Si](=[Zr+2])c1ccccc1.Cc1cc2ccccc2[cH-]1.Cc1cc2ccccc2[cH-]1.Cc1cccc(C)c1[O-].Cc1cccc(C)c1[O-]. The Morgan fingerprint density at radius 2 is 0.809 bits per heavy atom. The molecule has 7 rings (SSSR count). The molecule has 2 nitrogen and oxygen atoms in total. The van der Waals surface area contributed by atoms with E-state index >= 15 is 0 Å². The van der Waals surface area contributed by atoms with Crippen molar-refractivity contribution in [3.05, 3.63) is 173 Å². The summed E-state index contributed by atoms with van der Waals surface area (Å²) in [5, 5.41) is 28.9. The van der Waals surface area contributed by atoms with Gasteiger partial charge in [0.1, 0.15) is 0 Å². The van der Waals surface area contributed by atoms with Gasteiger partial charge in [0.15, 0.2) is 0 Å². The molecule has 0 fully saturated rings. The quantitative estimate of drug-likeness (QED) is 0.126. The summed E-state index contributed by atoms with van der Waals surface area (Å²) in [6, 6.07) is 47.5. The zero-order valence-corrected chi connectivity index (χ0v) is 32.1.